The second-order valence-electron chi connectivity index (χ2n) is 7.25. The number of hydrogen-bond donors (Lipinski definition) is 0. The van der Waals surface area contributed by atoms with Gasteiger partial charge in [0.05, 0.1) is 6.61 Å². The van der Waals surface area contributed by atoms with Gasteiger partial charge in [0.25, 0.3) is 0 Å². The Morgan fingerprint density at radius 3 is 2.63 bits per heavy atom. The Morgan fingerprint density at radius 2 is 1.93 bits per heavy atom. The van der Waals surface area contributed by atoms with Crippen LogP contribution in [0.4, 0.5) is 4.79 Å². The fourth-order valence-corrected chi connectivity index (χ4v) is 4.24. The lowest BCUT2D eigenvalue weighted by Gasteiger charge is -2.43. The maximum atomic E-state index is 11.9. The van der Waals surface area contributed by atoms with Gasteiger partial charge in [0.2, 0.25) is 0 Å². The van der Waals surface area contributed by atoms with E-state index in [1.807, 2.05) is 30.0 Å². The molecule has 5 nitrogen and oxygen atoms in total. The van der Waals surface area contributed by atoms with E-state index in [-0.39, 0.29) is 6.09 Å². The predicted molar refractivity (Wildman–Crippen MR) is 110 cm³/mol. The smallest absolute Gasteiger partial charge is 0.409 e. The van der Waals surface area contributed by atoms with E-state index in [4.69, 9.17) is 16.3 Å². The average molecular weight is 392 g/mol. The fraction of sp³-hybridized carbons (Fsp3) is 0.571. The van der Waals surface area contributed by atoms with Crippen LogP contribution in [0, 0.1) is 0 Å². The van der Waals surface area contributed by atoms with Crippen LogP contribution >= 0.6 is 11.6 Å². The van der Waals surface area contributed by atoms with Crippen molar-refractivity contribution in [3.05, 3.63) is 40.9 Å². The van der Waals surface area contributed by atoms with E-state index in [9.17, 15) is 4.79 Å². The summed E-state index contributed by atoms with van der Waals surface area (Å²) in [6.45, 7) is 8.58. The van der Waals surface area contributed by atoms with Crippen molar-refractivity contribution in [1.82, 2.24) is 14.7 Å². The molecule has 2 aliphatic heterocycles. The molecule has 27 heavy (non-hydrogen) atoms. The highest BCUT2D eigenvalue weighted by atomic mass is 35.5. The molecule has 148 valence electrons. The number of carbonyl (C=O) groups is 1. The lowest BCUT2D eigenvalue weighted by molar-refractivity contribution is 0.0448. The number of piperidine rings is 1. The fourth-order valence-electron chi connectivity index (χ4n) is 3.95. The number of amides is 1. The maximum Gasteiger partial charge on any atom is 0.409 e. The van der Waals surface area contributed by atoms with Crippen LogP contribution in [0.25, 0.3) is 6.08 Å². The molecule has 0 saturated carbocycles. The molecule has 0 spiro atoms. The number of carbonyl (C=O) groups excluding carboxylic acids is 1. The highest BCUT2D eigenvalue weighted by Gasteiger charge is 2.29. The first kappa shape index (κ1) is 20.2. The van der Waals surface area contributed by atoms with Gasteiger partial charge in [-0.2, -0.15) is 0 Å². The highest BCUT2D eigenvalue weighted by molar-refractivity contribution is 6.31. The van der Waals surface area contributed by atoms with Gasteiger partial charge in [-0.05, 0) is 37.9 Å². The number of nitrogens with zero attached hydrogens (tertiary/aromatic N) is 3. The van der Waals surface area contributed by atoms with Crippen LogP contribution in [0.2, 0.25) is 0 Å². The zero-order chi connectivity index (χ0) is 19.1. The molecule has 1 unspecified atom stereocenters. The van der Waals surface area contributed by atoms with Gasteiger partial charge in [-0.1, -0.05) is 41.9 Å². The number of hydrogen-bond acceptors (Lipinski definition) is 4. The van der Waals surface area contributed by atoms with Crippen LogP contribution in [0.15, 0.2) is 35.4 Å². The number of ether oxygens (including phenoxy) is 1. The van der Waals surface area contributed by atoms with Gasteiger partial charge < -0.3 is 9.64 Å². The standard InChI is InChI=1S/C21H30ClN3O2/c1-2-27-21(26)25-13-11-24(12-14-25)20-9-6-10-23(17-20)16-19(22)15-18-7-4-3-5-8-18/h3-5,7-8,15,20H,2,6,9-14,16-17H2,1H3/b19-15-. The van der Waals surface area contributed by atoms with Crippen molar-refractivity contribution < 1.29 is 9.53 Å². The summed E-state index contributed by atoms with van der Waals surface area (Å²) >= 11 is 6.51. The number of likely N-dealkylation sites (tertiary alicyclic amines) is 1. The normalized spacial score (nSPS) is 22.7. The van der Waals surface area contributed by atoms with Crippen LogP contribution in [0.5, 0.6) is 0 Å². The maximum absolute atomic E-state index is 11.9. The van der Waals surface area contributed by atoms with Crippen molar-refractivity contribution >= 4 is 23.8 Å². The van der Waals surface area contributed by atoms with E-state index >= 15 is 0 Å². The number of piperazine rings is 1. The summed E-state index contributed by atoms with van der Waals surface area (Å²) in [6, 6.07) is 10.8. The molecule has 1 aromatic rings. The molecule has 1 atom stereocenters. The molecule has 6 heteroatoms. The van der Waals surface area contributed by atoms with Crippen molar-refractivity contribution in [2.75, 3.05) is 52.4 Å². The second kappa shape index (κ2) is 10.1. The van der Waals surface area contributed by atoms with Gasteiger partial charge in [-0.25, -0.2) is 4.79 Å². The van der Waals surface area contributed by atoms with Gasteiger partial charge in [-0.15, -0.1) is 0 Å². The van der Waals surface area contributed by atoms with Crippen molar-refractivity contribution in [3.8, 4) is 0 Å². The Kier molecular flexibility index (Phi) is 7.56. The van der Waals surface area contributed by atoms with E-state index in [0.717, 1.165) is 56.4 Å². The summed E-state index contributed by atoms with van der Waals surface area (Å²) < 4.78 is 5.11. The van der Waals surface area contributed by atoms with Crippen LogP contribution in [-0.2, 0) is 4.74 Å². The second-order valence-corrected chi connectivity index (χ2v) is 7.74. The predicted octanol–water partition coefficient (Wildman–Crippen LogP) is 3.50. The summed E-state index contributed by atoms with van der Waals surface area (Å²) in [4.78, 5) is 18.7. The van der Waals surface area contributed by atoms with Gasteiger partial charge >= 0.3 is 6.09 Å². The van der Waals surface area contributed by atoms with E-state index in [0.29, 0.717) is 12.6 Å². The van der Waals surface area contributed by atoms with Gasteiger partial charge in [0.1, 0.15) is 0 Å². The Bertz CT molecular complexity index is 630. The van der Waals surface area contributed by atoms with E-state index < -0.39 is 0 Å². The van der Waals surface area contributed by atoms with Crippen molar-refractivity contribution in [2.45, 2.75) is 25.8 Å². The Labute approximate surface area is 167 Å². The average Bonchev–Trinajstić information content (AvgIpc) is 2.69. The molecule has 3 rings (SSSR count). The van der Waals surface area contributed by atoms with Gasteiger partial charge in [-0.3, -0.25) is 9.80 Å². The third-order valence-corrected chi connectivity index (χ3v) is 5.56. The molecule has 0 radical (unpaired) electrons. The third-order valence-electron chi connectivity index (χ3n) is 5.33. The van der Waals surface area contributed by atoms with E-state index in [1.165, 1.54) is 12.8 Å². The molecule has 1 amide bonds. The molecule has 1 aromatic carbocycles. The number of halogens is 1. The number of benzene rings is 1. The SMILES string of the molecule is CCOC(=O)N1CCN(C2CCCN(C/C(Cl)=C/c3ccccc3)C2)CC1. The van der Waals surface area contributed by atoms with Crippen molar-refractivity contribution in [3.63, 3.8) is 0 Å². The zero-order valence-electron chi connectivity index (χ0n) is 16.1. The van der Waals surface area contributed by atoms with Gasteiger partial charge in [0.15, 0.2) is 0 Å². The minimum Gasteiger partial charge on any atom is -0.450 e. The minimum atomic E-state index is -0.180. The molecular formula is C21H30ClN3O2. The lowest BCUT2D eigenvalue weighted by Crippen LogP contribution is -2.56. The largest absolute Gasteiger partial charge is 0.450 e. The summed E-state index contributed by atoms with van der Waals surface area (Å²) in [5.74, 6) is 0. The Morgan fingerprint density at radius 1 is 1.19 bits per heavy atom. The van der Waals surface area contributed by atoms with Crippen molar-refractivity contribution in [1.29, 1.82) is 0 Å². The van der Waals surface area contributed by atoms with Crippen LogP contribution in [-0.4, -0.2) is 79.3 Å². The molecular weight excluding hydrogens is 362 g/mol. The van der Waals surface area contributed by atoms with E-state index in [1.54, 1.807) is 0 Å². The van der Waals surface area contributed by atoms with Gasteiger partial charge in [0, 0.05) is 50.3 Å². The minimum absolute atomic E-state index is 0.180. The molecule has 0 N–H and O–H groups in total. The van der Waals surface area contributed by atoms with Crippen LogP contribution < -0.4 is 0 Å². The zero-order valence-corrected chi connectivity index (χ0v) is 16.9. The molecule has 2 heterocycles. The molecule has 2 saturated heterocycles. The first-order valence-electron chi connectivity index (χ1n) is 9.95. The Balaban J connectivity index is 1.48. The lowest BCUT2D eigenvalue weighted by atomic mass is 10.0. The first-order valence-corrected chi connectivity index (χ1v) is 10.3. The quantitative estimate of drug-likeness (QED) is 0.769. The molecule has 2 aliphatic rings. The van der Waals surface area contributed by atoms with E-state index in [2.05, 4.69) is 28.0 Å². The molecule has 0 aliphatic carbocycles. The van der Waals surface area contributed by atoms with Crippen LogP contribution in [0.3, 0.4) is 0 Å². The molecule has 0 bridgehead atoms. The summed E-state index contributed by atoms with van der Waals surface area (Å²) in [5.41, 5.74) is 1.14. The Hall–Kier alpha value is -1.56. The molecule has 2 fully saturated rings. The summed E-state index contributed by atoms with van der Waals surface area (Å²) in [5, 5.41) is 0.883. The van der Waals surface area contributed by atoms with Crippen molar-refractivity contribution in [2.24, 2.45) is 0 Å². The summed E-state index contributed by atoms with van der Waals surface area (Å²) in [6.07, 6.45) is 4.29. The monoisotopic (exact) mass is 391 g/mol. The van der Waals surface area contributed by atoms with Crippen LogP contribution in [0.1, 0.15) is 25.3 Å². The number of rotatable bonds is 5. The third kappa shape index (κ3) is 5.96. The first-order chi connectivity index (χ1) is 13.2. The molecule has 0 aromatic heterocycles. The highest BCUT2D eigenvalue weighted by Crippen LogP contribution is 2.20. The topological polar surface area (TPSA) is 36.0 Å². The summed E-state index contributed by atoms with van der Waals surface area (Å²) in [7, 11) is 0.